The predicted octanol–water partition coefficient (Wildman–Crippen LogP) is -1.37. The first-order valence-electron chi connectivity index (χ1n) is 7.25. The molecule has 0 saturated carbocycles. The maximum atomic E-state index is 12.1. The first kappa shape index (κ1) is 22.5. The van der Waals surface area contributed by atoms with Crippen LogP contribution in [0, 0.1) is 0 Å². The van der Waals surface area contributed by atoms with Crippen LogP contribution in [0.1, 0.15) is 6.23 Å². The molecule has 1 fully saturated rings. The summed E-state index contributed by atoms with van der Waals surface area (Å²) in [5, 5.41) is 9.83. The number of H-pyrrole nitrogens is 1. The quantitative estimate of drug-likeness (QED) is 0.233. The molecule has 0 amide bonds. The molecule has 2 heterocycles. The van der Waals surface area contributed by atoms with Gasteiger partial charge in [0.05, 0.1) is 13.2 Å². The van der Waals surface area contributed by atoms with E-state index in [9.17, 15) is 23.8 Å². The lowest BCUT2D eigenvalue weighted by Crippen LogP contribution is -2.50. The Morgan fingerprint density at radius 1 is 1.48 bits per heavy atom. The molecule has 1 aliphatic rings. The second kappa shape index (κ2) is 8.70. The number of aromatic nitrogens is 2. The summed E-state index contributed by atoms with van der Waals surface area (Å²) >= 11 is 3.67. The summed E-state index contributed by atoms with van der Waals surface area (Å²) in [6.07, 6.45) is -2.78. The lowest BCUT2D eigenvalue weighted by Gasteiger charge is -2.32. The number of aromatic amines is 1. The van der Waals surface area contributed by atoms with Gasteiger partial charge in [-0.3, -0.25) is 23.4 Å². The molecular formula is C11H18N2O11P2S. The summed E-state index contributed by atoms with van der Waals surface area (Å²) in [6.45, 7) is -1.77. The molecular weight excluding hydrogens is 430 g/mol. The van der Waals surface area contributed by atoms with Crippen molar-refractivity contribution in [2.75, 3.05) is 20.3 Å². The van der Waals surface area contributed by atoms with Crippen molar-refractivity contribution in [3.8, 4) is 0 Å². The summed E-state index contributed by atoms with van der Waals surface area (Å²) < 4.78 is 44.0. The predicted molar refractivity (Wildman–Crippen MR) is 92.9 cm³/mol. The molecule has 1 saturated heterocycles. The maximum absolute atomic E-state index is 12.1. The van der Waals surface area contributed by atoms with E-state index in [4.69, 9.17) is 23.8 Å². The molecule has 1 aliphatic heterocycles. The van der Waals surface area contributed by atoms with Crippen LogP contribution in [0.25, 0.3) is 0 Å². The second-order valence-corrected chi connectivity index (χ2v) is 8.62. The van der Waals surface area contributed by atoms with Crippen molar-refractivity contribution in [2.24, 2.45) is 0 Å². The van der Waals surface area contributed by atoms with E-state index in [-0.39, 0.29) is 0 Å². The zero-order valence-corrected chi connectivity index (χ0v) is 16.5. The van der Waals surface area contributed by atoms with Gasteiger partial charge < -0.3 is 28.9 Å². The first-order valence-corrected chi connectivity index (χ1v) is 11.4. The molecule has 1 aromatic heterocycles. The Labute approximate surface area is 157 Å². The van der Waals surface area contributed by atoms with Gasteiger partial charge in [-0.15, -0.1) is 0 Å². The molecule has 16 heteroatoms. The number of phosphoric acid groups is 1. The van der Waals surface area contributed by atoms with Crippen LogP contribution < -0.4 is 11.2 Å². The minimum Gasteiger partial charge on any atom is -0.393 e. The number of nitrogens with zero attached hydrogens (tertiary/aromatic N) is 1. The van der Waals surface area contributed by atoms with Crippen molar-refractivity contribution in [3.63, 3.8) is 0 Å². The van der Waals surface area contributed by atoms with E-state index in [1.807, 2.05) is 4.98 Å². The third-order valence-corrected chi connectivity index (χ3v) is 5.06. The van der Waals surface area contributed by atoms with Crippen LogP contribution in [0.3, 0.4) is 0 Å². The van der Waals surface area contributed by atoms with Gasteiger partial charge in [0.1, 0.15) is 17.8 Å². The molecule has 27 heavy (non-hydrogen) atoms. The van der Waals surface area contributed by atoms with Gasteiger partial charge in [0.2, 0.25) is 7.23 Å². The van der Waals surface area contributed by atoms with Gasteiger partial charge in [0.15, 0.2) is 6.23 Å². The van der Waals surface area contributed by atoms with E-state index in [1.54, 1.807) is 0 Å². The number of ether oxygens (including phenoxy) is 2. The van der Waals surface area contributed by atoms with E-state index < -0.39 is 63.6 Å². The van der Waals surface area contributed by atoms with Crippen molar-refractivity contribution in [1.82, 2.24) is 9.55 Å². The number of aliphatic hydroxyl groups excluding tert-OH is 1. The number of hydrogen-bond donors (Lipinski definition) is 5. The Morgan fingerprint density at radius 3 is 2.63 bits per heavy atom. The molecule has 2 rings (SSSR count). The molecule has 13 nitrogen and oxygen atoms in total. The Hall–Kier alpha value is -0.790. The Balaban J connectivity index is 2.51. The lowest BCUT2D eigenvalue weighted by molar-refractivity contribution is -0.144. The van der Waals surface area contributed by atoms with Gasteiger partial charge in [-0.1, -0.05) is 12.2 Å². The first-order chi connectivity index (χ1) is 12.5. The fourth-order valence-electron chi connectivity index (χ4n) is 2.67. The van der Waals surface area contributed by atoms with E-state index in [1.165, 1.54) is 7.11 Å². The summed E-state index contributed by atoms with van der Waals surface area (Å²) in [5.41, 5.74) is -3.50. The van der Waals surface area contributed by atoms with Crippen molar-refractivity contribution >= 4 is 27.3 Å². The molecule has 0 aromatic carbocycles. The number of hydrogen-bond acceptors (Lipinski definition) is 9. The van der Waals surface area contributed by atoms with E-state index >= 15 is 0 Å². The summed E-state index contributed by atoms with van der Waals surface area (Å²) in [7, 11) is -6.69. The maximum Gasteiger partial charge on any atom is 0.469 e. The Morgan fingerprint density at radius 2 is 2.15 bits per heavy atom. The molecule has 0 aliphatic carbocycles. The molecule has 5 atom stereocenters. The zero-order chi connectivity index (χ0) is 20.4. The van der Waals surface area contributed by atoms with E-state index in [0.717, 1.165) is 16.8 Å². The van der Waals surface area contributed by atoms with Crippen molar-refractivity contribution in [3.05, 3.63) is 33.1 Å². The average Bonchev–Trinajstić information content (AvgIpc) is 2.85. The van der Waals surface area contributed by atoms with Crippen LogP contribution in [-0.2, 0) is 27.7 Å². The monoisotopic (exact) mass is 448 g/mol. The normalized spacial score (nSPS) is 29.7. The van der Waals surface area contributed by atoms with Crippen molar-refractivity contribution in [1.29, 1.82) is 0 Å². The molecule has 0 spiro atoms. The molecule has 4 N–H and O–H groups in total. The Kier molecular flexibility index (Phi) is 7.25. The highest BCUT2D eigenvalue weighted by Gasteiger charge is 2.58. The number of phosphoric ester groups is 1. The van der Waals surface area contributed by atoms with Crippen molar-refractivity contribution < 1.29 is 42.5 Å². The van der Waals surface area contributed by atoms with Crippen LogP contribution >= 0.6 is 27.3 Å². The van der Waals surface area contributed by atoms with Crippen molar-refractivity contribution in [2.45, 2.75) is 24.0 Å². The molecule has 0 bridgehead atoms. The van der Waals surface area contributed by atoms with E-state index in [2.05, 4.69) is 16.8 Å². The molecule has 1 aromatic rings. The van der Waals surface area contributed by atoms with E-state index in [0.29, 0.717) is 0 Å². The van der Waals surface area contributed by atoms with Crippen LogP contribution in [0.5, 0.6) is 0 Å². The highest BCUT2D eigenvalue weighted by molar-refractivity contribution is 8.39. The summed E-state index contributed by atoms with van der Waals surface area (Å²) in [4.78, 5) is 43.2. The van der Waals surface area contributed by atoms with Gasteiger partial charge in [-0.25, -0.2) is 9.36 Å². The highest BCUT2D eigenvalue weighted by atomic mass is 32.7. The van der Waals surface area contributed by atoms with Gasteiger partial charge >= 0.3 is 13.5 Å². The van der Waals surface area contributed by atoms with Crippen LogP contribution in [0.4, 0.5) is 0 Å². The average molecular weight is 448 g/mol. The largest absolute Gasteiger partial charge is 0.469 e. The number of nitrogens with one attached hydrogen (secondary N) is 1. The number of methoxy groups -OCH3 is 1. The summed E-state index contributed by atoms with van der Waals surface area (Å²) in [6, 6.07) is 1.03. The standard InChI is InChI=1S/C11H18N2O11P2S/c1-21-7-8(24-25(17)27)11(4-14,5-22-26(18,19)20)23-9(7)13-3-2-6(15)12-10(13)16/h2-3,7-9,14,25H,4-5H2,1H3,(H,17,27)(H,12,15,16)(H2,18,19,20)/t7?,8-,9-,11-/m1/s1. The molecule has 154 valence electrons. The lowest BCUT2D eigenvalue weighted by atomic mass is 9.97. The van der Waals surface area contributed by atoms with Crippen LogP contribution in [-0.4, -0.2) is 62.6 Å². The number of aliphatic hydroxyl groups is 1. The third kappa shape index (κ3) is 5.18. The second-order valence-electron chi connectivity index (χ2n) is 5.52. The minimum atomic E-state index is -4.96. The van der Waals surface area contributed by atoms with Gasteiger partial charge in [-0.05, 0) is 0 Å². The Bertz CT molecular complexity index is 853. The fraction of sp³-hybridized carbons (Fsp3) is 0.636. The summed E-state index contributed by atoms with van der Waals surface area (Å²) in [5.74, 6) is 0. The zero-order valence-electron chi connectivity index (χ0n) is 13.8. The highest BCUT2D eigenvalue weighted by Crippen LogP contribution is 2.47. The smallest absolute Gasteiger partial charge is 0.393 e. The topological polar surface area (TPSA) is 187 Å². The van der Waals surface area contributed by atoms with Gasteiger partial charge in [0, 0.05) is 19.4 Å². The number of thiol groups is 1. The van der Waals surface area contributed by atoms with Crippen LogP contribution in [0.2, 0.25) is 0 Å². The third-order valence-electron chi connectivity index (χ3n) is 3.82. The fourth-order valence-corrected chi connectivity index (χ4v) is 3.97. The van der Waals surface area contributed by atoms with Gasteiger partial charge in [-0.2, -0.15) is 0 Å². The van der Waals surface area contributed by atoms with Gasteiger partial charge in [0.25, 0.3) is 5.56 Å². The molecule has 2 unspecified atom stereocenters. The van der Waals surface area contributed by atoms with Crippen LogP contribution in [0.15, 0.2) is 21.9 Å². The minimum absolute atomic E-state index is 0.672. The molecule has 0 radical (unpaired) electrons. The number of rotatable bonds is 8. The SMILES string of the molecule is COC1[C@H](n2ccc(=O)[nH]c2=O)O[C@](CO)(COP(=O)(O)O)[C@@H]1O[PH](=O)S.